The lowest BCUT2D eigenvalue weighted by Gasteiger charge is -2.11. The van der Waals surface area contributed by atoms with Gasteiger partial charge in [-0.3, -0.25) is 19.7 Å². The number of amides is 3. The van der Waals surface area contributed by atoms with Crippen LogP contribution in [0.3, 0.4) is 0 Å². The van der Waals surface area contributed by atoms with Crippen molar-refractivity contribution in [3.63, 3.8) is 0 Å². The number of urea groups is 1. The van der Waals surface area contributed by atoms with Gasteiger partial charge in [0, 0.05) is 12.5 Å². The highest BCUT2D eigenvalue weighted by atomic mass is 35.5. The second kappa shape index (κ2) is 10.0. The van der Waals surface area contributed by atoms with Crippen molar-refractivity contribution in [1.82, 2.24) is 10.6 Å². The van der Waals surface area contributed by atoms with Crippen LogP contribution in [0.5, 0.6) is 0 Å². The molecule has 0 fully saturated rings. The first kappa shape index (κ1) is 20.1. The molecule has 24 heavy (non-hydrogen) atoms. The number of carbonyl (C=O) groups is 4. The summed E-state index contributed by atoms with van der Waals surface area (Å²) in [7, 11) is 0. The normalized spacial score (nSPS) is 11.5. The quantitative estimate of drug-likeness (QED) is 0.537. The highest BCUT2D eigenvalue weighted by Crippen LogP contribution is 2.22. The molecule has 2 N–H and O–H groups in total. The third-order valence-corrected chi connectivity index (χ3v) is 4.28. The Hall–Kier alpha value is -1.93. The van der Waals surface area contributed by atoms with E-state index in [1.165, 1.54) is 0 Å². The molecule has 0 bridgehead atoms. The fourth-order valence-electron chi connectivity index (χ4n) is 1.55. The molecule has 9 heteroatoms. The first-order valence-electron chi connectivity index (χ1n) is 7.36. The minimum Gasteiger partial charge on any atom is -0.456 e. The smallest absolute Gasteiger partial charge is 0.321 e. The van der Waals surface area contributed by atoms with Gasteiger partial charge in [0.15, 0.2) is 12.4 Å². The van der Waals surface area contributed by atoms with Gasteiger partial charge in [-0.15, -0.1) is 11.3 Å². The molecule has 3 amide bonds. The van der Waals surface area contributed by atoms with Crippen LogP contribution in [0.2, 0.25) is 4.34 Å². The molecule has 0 unspecified atom stereocenters. The van der Waals surface area contributed by atoms with E-state index in [2.05, 4.69) is 5.32 Å². The molecule has 132 valence electrons. The van der Waals surface area contributed by atoms with Gasteiger partial charge in [-0.25, -0.2) is 4.79 Å². The molecule has 0 aliphatic heterocycles. The topological polar surface area (TPSA) is 102 Å². The summed E-state index contributed by atoms with van der Waals surface area (Å²) in [5, 5.41) is 4.59. The zero-order valence-corrected chi connectivity index (χ0v) is 15.0. The van der Waals surface area contributed by atoms with E-state index in [4.69, 9.17) is 16.3 Å². The molecule has 1 rings (SSSR count). The van der Waals surface area contributed by atoms with Crippen LogP contribution in [0.4, 0.5) is 4.79 Å². The number of imide groups is 1. The van der Waals surface area contributed by atoms with E-state index in [0.717, 1.165) is 17.8 Å². The van der Waals surface area contributed by atoms with Gasteiger partial charge in [-0.1, -0.05) is 18.5 Å². The molecule has 7 nitrogen and oxygen atoms in total. The van der Waals surface area contributed by atoms with E-state index >= 15 is 0 Å². The zero-order chi connectivity index (χ0) is 18.1. The molecule has 0 radical (unpaired) electrons. The van der Waals surface area contributed by atoms with Crippen LogP contribution in [0, 0.1) is 0 Å². The number of ketones is 1. The van der Waals surface area contributed by atoms with Crippen molar-refractivity contribution >= 4 is 46.6 Å². The van der Waals surface area contributed by atoms with Crippen molar-refractivity contribution in [3.05, 3.63) is 21.3 Å². The maximum absolute atomic E-state index is 11.8. The molecule has 1 aromatic rings. The van der Waals surface area contributed by atoms with Crippen molar-refractivity contribution in [2.45, 2.75) is 39.2 Å². The fourth-order valence-corrected chi connectivity index (χ4v) is 2.56. The van der Waals surface area contributed by atoms with E-state index in [9.17, 15) is 19.2 Å². The van der Waals surface area contributed by atoms with Gasteiger partial charge in [0.2, 0.25) is 0 Å². The molecule has 1 atom stereocenters. The van der Waals surface area contributed by atoms with Gasteiger partial charge in [0.1, 0.15) is 0 Å². The molecule has 0 aliphatic rings. The van der Waals surface area contributed by atoms with Gasteiger partial charge in [0.25, 0.3) is 5.91 Å². The maximum atomic E-state index is 11.8. The number of carbonyl (C=O) groups excluding carboxylic acids is 4. The summed E-state index contributed by atoms with van der Waals surface area (Å²) in [6, 6.07) is 2.48. The predicted molar refractivity (Wildman–Crippen MR) is 90.3 cm³/mol. The number of ether oxygens (including phenoxy) is 1. The molecular weight excluding hydrogens is 356 g/mol. The first-order valence-corrected chi connectivity index (χ1v) is 8.55. The van der Waals surface area contributed by atoms with Crippen molar-refractivity contribution in [3.8, 4) is 0 Å². The lowest BCUT2D eigenvalue weighted by molar-refractivity contribution is -0.148. The average molecular weight is 375 g/mol. The zero-order valence-electron chi connectivity index (χ0n) is 13.4. The van der Waals surface area contributed by atoms with Crippen LogP contribution in [-0.4, -0.2) is 36.3 Å². The van der Waals surface area contributed by atoms with Crippen molar-refractivity contribution in [2.75, 3.05) is 6.61 Å². The van der Waals surface area contributed by atoms with Gasteiger partial charge < -0.3 is 10.1 Å². The number of hydrogen-bond donors (Lipinski definition) is 2. The van der Waals surface area contributed by atoms with E-state index in [0.29, 0.717) is 9.21 Å². The Bertz CT molecular complexity index is 617. The second-order valence-corrected chi connectivity index (χ2v) is 6.73. The van der Waals surface area contributed by atoms with Crippen LogP contribution >= 0.6 is 22.9 Å². The van der Waals surface area contributed by atoms with E-state index < -0.39 is 24.5 Å². The lowest BCUT2D eigenvalue weighted by Crippen LogP contribution is -2.44. The molecule has 0 spiro atoms. The fraction of sp³-hybridized carbons (Fsp3) is 0.467. The lowest BCUT2D eigenvalue weighted by atomic mass is 10.2. The van der Waals surface area contributed by atoms with Crippen LogP contribution in [0.1, 0.15) is 42.8 Å². The summed E-state index contributed by atoms with van der Waals surface area (Å²) in [4.78, 5) is 46.6. The van der Waals surface area contributed by atoms with E-state index in [1.807, 2.05) is 12.2 Å². The molecule has 0 saturated carbocycles. The Morgan fingerprint density at radius 1 is 1.25 bits per heavy atom. The summed E-state index contributed by atoms with van der Waals surface area (Å²) < 4.78 is 5.22. The SMILES string of the molecule is CC[C@H](C)NC(=O)NC(=O)COC(=O)CCC(=O)c1ccc(Cl)s1. The Morgan fingerprint density at radius 2 is 1.96 bits per heavy atom. The molecule has 1 heterocycles. The summed E-state index contributed by atoms with van der Waals surface area (Å²) in [5.41, 5.74) is 0. The van der Waals surface area contributed by atoms with Gasteiger partial charge >= 0.3 is 12.0 Å². The number of thiophene rings is 1. The van der Waals surface area contributed by atoms with Crippen molar-refractivity contribution < 1.29 is 23.9 Å². The standard InChI is InChI=1S/C15H19ClN2O5S/c1-3-9(2)17-15(22)18-13(20)8-23-14(21)7-4-10(19)11-5-6-12(16)24-11/h5-6,9H,3-4,7-8H2,1-2H3,(H2,17,18,20,22)/t9-/m0/s1. The molecule has 0 aromatic carbocycles. The minimum absolute atomic E-state index is 0.0359. The van der Waals surface area contributed by atoms with Crippen LogP contribution in [-0.2, 0) is 14.3 Å². The number of Topliss-reactive ketones (excluding diaryl/α,β-unsaturated/α-hetero) is 1. The monoisotopic (exact) mass is 374 g/mol. The molecular formula is C15H19ClN2O5S. The van der Waals surface area contributed by atoms with Crippen LogP contribution in [0.25, 0.3) is 0 Å². The minimum atomic E-state index is -0.736. The van der Waals surface area contributed by atoms with Gasteiger partial charge in [0.05, 0.1) is 15.6 Å². The summed E-state index contributed by atoms with van der Waals surface area (Å²) >= 11 is 6.87. The maximum Gasteiger partial charge on any atom is 0.321 e. The van der Waals surface area contributed by atoms with Crippen LogP contribution in [0.15, 0.2) is 12.1 Å². The molecule has 0 saturated heterocycles. The highest BCUT2D eigenvalue weighted by Gasteiger charge is 2.15. The molecule has 0 aliphatic carbocycles. The Morgan fingerprint density at radius 3 is 2.54 bits per heavy atom. The summed E-state index contributed by atoms with van der Waals surface area (Å²) in [6.07, 6.45) is 0.534. The Labute approximate surface area is 148 Å². The number of rotatable bonds is 8. The Kier molecular flexibility index (Phi) is 8.42. The first-order chi connectivity index (χ1) is 11.3. The number of halogens is 1. The number of hydrogen-bond acceptors (Lipinski definition) is 6. The van der Waals surface area contributed by atoms with E-state index in [-0.39, 0.29) is 24.7 Å². The van der Waals surface area contributed by atoms with Gasteiger partial charge in [-0.2, -0.15) is 0 Å². The third-order valence-electron chi connectivity index (χ3n) is 3.01. The van der Waals surface area contributed by atoms with Crippen molar-refractivity contribution in [1.29, 1.82) is 0 Å². The number of esters is 1. The highest BCUT2D eigenvalue weighted by molar-refractivity contribution is 7.18. The largest absolute Gasteiger partial charge is 0.456 e. The van der Waals surface area contributed by atoms with Crippen LogP contribution < -0.4 is 10.6 Å². The third kappa shape index (κ3) is 7.56. The average Bonchev–Trinajstić information content (AvgIpc) is 2.96. The van der Waals surface area contributed by atoms with Crippen molar-refractivity contribution in [2.24, 2.45) is 0 Å². The summed E-state index contributed by atoms with van der Waals surface area (Å²) in [5.74, 6) is -1.65. The van der Waals surface area contributed by atoms with E-state index in [1.54, 1.807) is 19.1 Å². The molecule has 1 aromatic heterocycles. The van der Waals surface area contributed by atoms with Gasteiger partial charge in [-0.05, 0) is 25.5 Å². The predicted octanol–water partition coefficient (Wildman–Crippen LogP) is 2.53. The Balaban J connectivity index is 2.24. The second-order valence-electron chi connectivity index (χ2n) is 5.02. The summed E-state index contributed by atoms with van der Waals surface area (Å²) in [6.45, 7) is 3.10. The number of nitrogens with one attached hydrogen (secondary N) is 2.